The van der Waals surface area contributed by atoms with Crippen LogP contribution in [0.4, 0.5) is 11.4 Å². The van der Waals surface area contributed by atoms with E-state index in [0.717, 1.165) is 6.42 Å². The van der Waals surface area contributed by atoms with Crippen LogP contribution in [0.25, 0.3) is 0 Å². The van der Waals surface area contributed by atoms with Gasteiger partial charge in [-0.1, -0.05) is 13.3 Å². The molecule has 0 bridgehead atoms. The Balaban J connectivity index is 2.19. The first-order valence-electron chi connectivity index (χ1n) is 6.99. The summed E-state index contributed by atoms with van der Waals surface area (Å²) in [4.78, 5) is 25.3. The van der Waals surface area contributed by atoms with Crippen molar-refractivity contribution < 1.29 is 14.3 Å². The average Bonchev–Trinajstić information content (AvgIpc) is 2.43. The first kappa shape index (κ1) is 15.3. The second-order valence-corrected chi connectivity index (χ2v) is 5.55. The standard InChI is InChI=1S/C15H21N3O3/c1-4-7-15(2,16)14(20)17-10-5-6-12-11(8-10)18(3)13(19)9-21-12/h5-6,8H,4,7,9,16H2,1-3H3,(H,17,20). The number of nitrogens with two attached hydrogens (primary N) is 1. The van der Waals surface area contributed by atoms with Crippen LogP contribution < -0.4 is 20.7 Å². The number of carbonyl (C=O) groups excluding carboxylic acids is 2. The lowest BCUT2D eigenvalue weighted by atomic mass is 9.96. The van der Waals surface area contributed by atoms with Crippen molar-refractivity contribution in [3.05, 3.63) is 18.2 Å². The third-order valence-electron chi connectivity index (χ3n) is 3.59. The Kier molecular flexibility index (Phi) is 4.18. The summed E-state index contributed by atoms with van der Waals surface area (Å²) in [5, 5.41) is 2.80. The van der Waals surface area contributed by atoms with E-state index in [2.05, 4.69) is 5.32 Å². The zero-order valence-electron chi connectivity index (χ0n) is 12.6. The van der Waals surface area contributed by atoms with Crippen LogP contribution in [0.3, 0.4) is 0 Å². The number of hydrogen-bond donors (Lipinski definition) is 2. The maximum atomic E-state index is 12.2. The highest BCUT2D eigenvalue weighted by molar-refractivity contribution is 6.01. The number of anilines is 2. The molecule has 0 fully saturated rings. The summed E-state index contributed by atoms with van der Waals surface area (Å²) in [6.07, 6.45) is 1.43. The molecule has 1 aliphatic heterocycles. The topological polar surface area (TPSA) is 84.7 Å². The minimum Gasteiger partial charge on any atom is -0.482 e. The number of ether oxygens (including phenoxy) is 1. The van der Waals surface area contributed by atoms with Gasteiger partial charge in [-0.2, -0.15) is 0 Å². The number of carbonyl (C=O) groups is 2. The molecule has 1 unspecified atom stereocenters. The Bertz CT molecular complexity index is 569. The number of fused-ring (bicyclic) bond motifs is 1. The quantitative estimate of drug-likeness (QED) is 0.880. The molecule has 6 nitrogen and oxygen atoms in total. The SMILES string of the molecule is CCCC(C)(N)C(=O)Nc1ccc2c(c1)N(C)C(=O)CO2. The number of amides is 2. The van der Waals surface area contributed by atoms with Gasteiger partial charge in [-0.3, -0.25) is 9.59 Å². The molecule has 1 heterocycles. The summed E-state index contributed by atoms with van der Waals surface area (Å²) in [7, 11) is 1.68. The molecule has 21 heavy (non-hydrogen) atoms. The van der Waals surface area contributed by atoms with E-state index in [4.69, 9.17) is 10.5 Å². The third-order valence-corrected chi connectivity index (χ3v) is 3.59. The number of hydrogen-bond acceptors (Lipinski definition) is 4. The molecule has 0 radical (unpaired) electrons. The first-order valence-corrected chi connectivity index (χ1v) is 6.99. The molecule has 6 heteroatoms. The Labute approximate surface area is 124 Å². The molecule has 0 aromatic heterocycles. The highest BCUT2D eigenvalue weighted by Gasteiger charge is 2.28. The molecule has 0 saturated carbocycles. The zero-order valence-corrected chi connectivity index (χ0v) is 12.6. The summed E-state index contributed by atoms with van der Waals surface area (Å²) < 4.78 is 5.34. The van der Waals surface area contributed by atoms with Crippen LogP contribution in [0, 0.1) is 0 Å². The van der Waals surface area contributed by atoms with Crippen LogP contribution in [0.2, 0.25) is 0 Å². The van der Waals surface area contributed by atoms with Crippen molar-refractivity contribution in [2.75, 3.05) is 23.9 Å². The van der Waals surface area contributed by atoms with Crippen molar-refractivity contribution in [2.24, 2.45) is 5.73 Å². The summed E-state index contributed by atoms with van der Waals surface area (Å²) in [5.74, 6) is 0.259. The van der Waals surface area contributed by atoms with E-state index in [1.807, 2.05) is 6.92 Å². The molecule has 2 rings (SSSR count). The van der Waals surface area contributed by atoms with Crippen LogP contribution in [0.5, 0.6) is 5.75 Å². The van der Waals surface area contributed by atoms with Crippen LogP contribution in [-0.2, 0) is 9.59 Å². The zero-order chi connectivity index (χ0) is 15.6. The van der Waals surface area contributed by atoms with Gasteiger partial charge in [0.05, 0.1) is 11.2 Å². The van der Waals surface area contributed by atoms with Gasteiger partial charge in [0, 0.05) is 12.7 Å². The Morgan fingerprint density at radius 1 is 1.52 bits per heavy atom. The van der Waals surface area contributed by atoms with E-state index in [9.17, 15) is 9.59 Å². The van der Waals surface area contributed by atoms with Crippen molar-refractivity contribution in [1.29, 1.82) is 0 Å². The third kappa shape index (κ3) is 3.16. The number of benzene rings is 1. The molecular formula is C15H21N3O3. The number of rotatable bonds is 4. The fraction of sp³-hybridized carbons (Fsp3) is 0.467. The first-order chi connectivity index (χ1) is 9.85. The summed E-state index contributed by atoms with van der Waals surface area (Å²) in [6, 6.07) is 5.19. The lowest BCUT2D eigenvalue weighted by Gasteiger charge is -2.27. The van der Waals surface area contributed by atoms with E-state index in [0.29, 0.717) is 23.5 Å². The van der Waals surface area contributed by atoms with Gasteiger partial charge < -0.3 is 20.7 Å². The van der Waals surface area contributed by atoms with E-state index >= 15 is 0 Å². The van der Waals surface area contributed by atoms with Gasteiger partial charge in [-0.05, 0) is 31.5 Å². The van der Waals surface area contributed by atoms with Crippen LogP contribution in [-0.4, -0.2) is 31.0 Å². The fourth-order valence-electron chi connectivity index (χ4n) is 2.26. The van der Waals surface area contributed by atoms with E-state index in [1.54, 1.807) is 32.2 Å². The summed E-state index contributed by atoms with van der Waals surface area (Å²) >= 11 is 0. The van der Waals surface area contributed by atoms with Gasteiger partial charge in [0.1, 0.15) is 5.75 Å². The molecule has 0 spiro atoms. The van der Waals surface area contributed by atoms with E-state index in [1.165, 1.54) is 4.90 Å². The van der Waals surface area contributed by atoms with Gasteiger partial charge in [0.15, 0.2) is 6.61 Å². The molecule has 1 aliphatic rings. The van der Waals surface area contributed by atoms with Crippen molar-refractivity contribution in [3.8, 4) is 5.75 Å². The largest absolute Gasteiger partial charge is 0.482 e. The maximum Gasteiger partial charge on any atom is 0.264 e. The molecular weight excluding hydrogens is 270 g/mol. The Morgan fingerprint density at radius 3 is 2.90 bits per heavy atom. The lowest BCUT2D eigenvalue weighted by Crippen LogP contribution is -2.48. The normalized spacial score (nSPS) is 16.8. The molecule has 114 valence electrons. The predicted molar refractivity (Wildman–Crippen MR) is 81.5 cm³/mol. The molecule has 1 atom stereocenters. The van der Waals surface area contributed by atoms with Crippen LogP contribution >= 0.6 is 0 Å². The number of nitrogens with one attached hydrogen (secondary N) is 1. The van der Waals surface area contributed by atoms with Crippen molar-refractivity contribution in [2.45, 2.75) is 32.2 Å². The van der Waals surface area contributed by atoms with Crippen molar-refractivity contribution in [1.82, 2.24) is 0 Å². The van der Waals surface area contributed by atoms with E-state index < -0.39 is 5.54 Å². The van der Waals surface area contributed by atoms with Gasteiger partial charge in [0.2, 0.25) is 5.91 Å². The smallest absolute Gasteiger partial charge is 0.264 e. The van der Waals surface area contributed by atoms with Gasteiger partial charge in [0.25, 0.3) is 5.91 Å². The van der Waals surface area contributed by atoms with Crippen LogP contribution in [0.1, 0.15) is 26.7 Å². The van der Waals surface area contributed by atoms with Crippen LogP contribution in [0.15, 0.2) is 18.2 Å². The minimum absolute atomic E-state index is 0.0343. The summed E-state index contributed by atoms with van der Waals surface area (Å²) in [5.41, 5.74) is 6.32. The van der Waals surface area contributed by atoms with Gasteiger partial charge in [-0.25, -0.2) is 0 Å². The highest BCUT2D eigenvalue weighted by Crippen LogP contribution is 2.33. The average molecular weight is 291 g/mol. The molecule has 1 aromatic carbocycles. The van der Waals surface area contributed by atoms with Crippen molar-refractivity contribution >= 4 is 23.2 Å². The van der Waals surface area contributed by atoms with Crippen molar-refractivity contribution in [3.63, 3.8) is 0 Å². The molecule has 1 aromatic rings. The van der Waals surface area contributed by atoms with Gasteiger partial charge in [-0.15, -0.1) is 0 Å². The minimum atomic E-state index is -0.914. The molecule has 0 saturated heterocycles. The predicted octanol–water partition coefficient (Wildman–Crippen LogP) is 1.50. The number of likely N-dealkylation sites (N-methyl/N-ethyl adjacent to an activating group) is 1. The Morgan fingerprint density at radius 2 is 2.24 bits per heavy atom. The second-order valence-electron chi connectivity index (χ2n) is 5.55. The second kappa shape index (κ2) is 5.73. The molecule has 3 N–H and O–H groups in total. The fourth-order valence-corrected chi connectivity index (χ4v) is 2.26. The number of nitrogens with zero attached hydrogens (tertiary/aromatic N) is 1. The Hall–Kier alpha value is -2.08. The molecule has 0 aliphatic carbocycles. The molecule has 2 amide bonds. The monoisotopic (exact) mass is 291 g/mol. The highest BCUT2D eigenvalue weighted by atomic mass is 16.5. The summed E-state index contributed by atoms with van der Waals surface area (Å²) in [6.45, 7) is 3.73. The van der Waals surface area contributed by atoms with Gasteiger partial charge >= 0.3 is 0 Å². The maximum absolute atomic E-state index is 12.2. The van der Waals surface area contributed by atoms with E-state index in [-0.39, 0.29) is 18.4 Å². The lowest BCUT2D eigenvalue weighted by molar-refractivity contribution is -0.121.